The molecule has 0 saturated heterocycles. The molecule has 24 heavy (non-hydrogen) atoms. The third-order valence-corrected chi connectivity index (χ3v) is 4.48. The summed E-state index contributed by atoms with van der Waals surface area (Å²) in [6.07, 6.45) is 7.66. The molecule has 0 radical (unpaired) electrons. The number of nitrogens with one attached hydrogen (secondary N) is 2. The number of rotatable bonds is 4. The molecule has 4 nitrogen and oxygen atoms in total. The fraction of sp³-hybridized carbons (Fsp3) is 0.333. The number of anilines is 2. The maximum atomic E-state index is 13.8. The van der Waals surface area contributed by atoms with Crippen molar-refractivity contribution in [1.29, 1.82) is 0 Å². The normalized spacial score (nSPS) is 15.1. The molecule has 1 aliphatic carbocycles. The maximum absolute atomic E-state index is 13.8. The van der Waals surface area contributed by atoms with E-state index in [0.29, 0.717) is 11.7 Å². The molecule has 6 heteroatoms. The second-order valence-corrected chi connectivity index (χ2v) is 6.37. The van der Waals surface area contributed by atoms with Crippen molar-refractivity contribution >= 4 is 29.0 Å². The van der Waals surface area contributed by atoms with E-state index < -0.39 is 11.7 Å². The highest BCUT2D eigenvalue weighted by atomic mass is 35.5. The number of hydrogen-bond donors (Lipinski definition) is 2. The zero-order valence-corrected chi connectivity index (χ0v) is 13.9. The van der Waals surface area contributed by atoms with Gasteiger partial charge in [0.15, 0.2) is 0 Å². The van der Waals surface area contributed by atoms with Crippen molar-refractivity contribution in [3.63, 3.8) is 0 Å². The molecular formula is C18H19ClFN3O. The first-order valence-electron chi connectivity index (χ1n) is 8.11. The number of aromatic nitrogens is 1. The van der Waals surface area contributed by atoms with Crippen LogP contribution in [-0.2, 0) is 0 Å². The molecule has 1 aromatic carbocycles. The second-order valence-electron chi connectivity index (χ2n) is 5.96. The fourth-order valence-corrected chi connectivity index (χ4v) is 3.17. The zero-order chi connectivity index (χ0) is 16.9. The van der Waals surface area contributed by atoms with E-state index in [-0.39, 0.29) is 10.6 Å². The van der Waals surface area contributed by atoms with Gasteiger partial charge in [-0.15, -0.1) is 0 Å². The van der Waals surface area contributed by atoms with Crippen LogP contribution in [0.5, 0.6) is 0 Å². The number of amides is 1. The van der Waals surface area contributed by atoms with Crippen molar-refractivity contribution < 1.29 is 9.18 Å². The monoisotopic (exact) mass is 347 g/mol. The Morgan fingerprint density at radius 2 is 1.96 bits per heavy atom. The highest BCUT2D eigenvalue weighted by Gasteiger charge is 2.16. The Bertz CT molecular complexity index is 694. The lowest BCUT2D eigenvalue weighted by molar-refractivity contribution is 0.102. The van der Waals surface area contributed by atoms with Crippen LogP contribution in [0, 0.1) is 5.82 Å². The molecular weight excluding hydrogens is 329 g/mol. The van der Waals surface area contributed by atoms with Gasteiger partial charge in [-0.2, -0.15) is 0 Å². The third-order valence-electron chi connectivity index (χ3n) is 4.17. The SMILES string of the molecule is O=C(Nc1ccc(NC2CCCCC2)nc1)c1c(F)cccc1Cl. The van der Waals surface area contributed by atoms with E-state index in [4.69, 9.17) is 11.6 Å². The van der Waals surface area contributed by atoms with Crippen molar-refractivity contribution in [1.82, 2.24) is 4.98 Å². The zero-order valence-electron chi connectivity index (χ0n) is 13.2. The lowest BCUT2D eigenvalue weighted by Crippen LogP contribution is -2.22. The summed E-state index contributed by atoms with van der Waals surface area (Å²) in [6, 6.07) is 8.16. The molecule has 1 heterocycles. The van der Waals surface area contributed by atoms with Crippen LogP contribution in [0.4, 0.5) is 15.9 Å². The second kappa shape index (κ2) is 7.62. The van der Waals surface area contributed by atoms with Gasteiger partial charge < -0.3 is 10.6 Å². The van der Waals surface area contributed by atoms with E-state index in [1.807, 2.05) is 6.07 Å². The summed E-state index contributed by atoms with van der Waals surface area (Å²) >= 11 is 5.90. The molecule has 0 spiro atoms. The summed E-state index contributed by atoms with van der Waals surface area (Å²) in [7, 11) is 0. The molecule has 126 valence electrons. The van der Waals surface area contributed by atoms with Gasteiger partial charge in [0, 0.05) is 6.04 Å². The lowest BCUT2D eigenvalue weighted by atomic mass is 9.95. The first kappa shape index (κ1) is 16.7. The average Bonchev–Trinajstić information content (AvgIpc) is 2.57. The van der Waals surface area contributed by atoms with Gasteiger partial charge in [0.1, 0.15) is 11.6 Å². The first-order valence-corrected chi connectivity index (χ1v) is 8.49. The van der Waals surface area contributed by atoms with Crippen molar-refractivity contribution in [2.45, 2.75) is 38.1 Å². The number of halogens is 2. The molecule has 0 aliphatic heterocycles. The van der Waals surface area contributed by atoms with E-state index in [0.717, 1.165) is 18.7 Å². The Morgan fingerprint density at radius 3 is 2.62 bits per heavy atom. The van der Waals surface area contributed by atoms with Gasteiger partial charge in [-0.1, -0.05) is 36.9 Å². The number of carbonyl (C=O) groups excluding carboxylic acids is 1. The van der Waals surface area contributed by atoms with Crippen LogP contribution in [-0.4, -0.2) is 16.9 Å². The highest BCUT2D eigenvalue weighted by Crippen LogP contribution is 2.22. The largest absolute Gasteiger partial charge is 0.367 e. The Labute approximate surface area is 145 Å². The predicted molar refractivity (Wildman–Crippen MR) is 94.1 cm³/mol. The molecule has 3 rings (SSSR count). The molecule has 1 aliphatic rings. The molecule has 1 saturated carbocycles. The number of hydrogen-bond acceptors (Lipinski definition) is 3. The van der Waals surface area contributed by atoms with Crippen molar-refractivity contribution in [2.24, 2.45) is 0 Å². The van der Waals surface area contributed by atoms with E-state index in [1.165, 1.54) is 37.5 Å². The molecule has 2 aromatic rings. The van der Waals surface area contributed by atoms with E-state index in [9.17, 15) is 9.18 Å². The van der Waals surface area contributed by atoms with Crippen molar-refractivity contribution in [2.75, 3.05) is 10.6 Å². The lowest BCUT2D eigenvalue weighted by Gasteiger charge is -2.23. The molecule has 0 bridgehead atoms. The summed E-state index contributed by atoms with van der Waals surface area (Å²) in [4.78, 5) is 16.5. The standard InChI is InChI=1S/C18H19ClFN3O/c19-14-7-4-8-15(20)17(14)18(24)23-13-9-10-16(21-11-13)22-12-5-2-1-3-6-12/h4,7-12H,1-3,5-6H2,(H,21,22)(H,23,24). The van der Waals surface area contributed by atoms with Crippen LogP contribution < -0.4 is 10.6 Å². The quantitative estimate of drug-likeness (QED) is 0.829. The first-order chi connectivity index (χ1) is 11.6. The van der Waals surface area contributed by atoms with Crippen LogP contribution in [0.15, 0.2) is 36.5 Å². The minimum atomic E-state index is -0.649. The summed E-state index contributed by atoms with van der Waals surface area (Å²) in [5.41, 5.74) is 0.331. The van der Waals surface area contributed by atoms with Gasteiger partial charge in [0.2, 0.25) is 0 Å². The van der Waals surface area contributed by atoms with Crippen molar-refractivity contribution in [3.05, 3.63) is 52.9 Å². The minimum absolute atomic E-state index is 0.0797. The van der Waals surface area contributed by atoms with E-state index in [2.05, 4.69) is 15.6 Å². The van der Waals surface area contributed by atoms with Gasteiger partial charge in [0.25, 0.3) is 5.91 Å². The molecule has 1 amide bonds. The number of nitrogens with zero attached hydrogens (tertiary/aromatic N) is 1. The predicted octanol–water partition coefficient (Wildman–Crippen LogP) is 4.87. The van der Waals surface area contributed by atoms with Gasteiger partial charge >= 0.3 is 0 Å². The number of benzene rings is 1. The topological polar surface area (TPSA) is 54.0 Å². The molecule has 0 atom stereocenters. The number of pyridine rings is 1. The van der Waals surface area contributed by atoms with Crippen LogP contribution in [0.25, 0.3) is 0 Å². The van der Waals surface area contributed by atoms with Crippen LogP contribution in [0.3, 0.4) is 0 Å². The van der Waals surface area contributed by atoms with Crippen LogP contribution in [0.2, 0.25) is 5.02 Å². The minimum Gasteiger partial charge on any atom is -0.367 e. The fourth-order valence-electron chi connectivity index (χ4n) is 2.92. The van der Waals surface area contributed by atoms with E-state index in [1.54, 1.807) is 12.3 Å². The van der Waals surface area contributed by atoms with Crippen LogP contribution >= 0.6 is 11.6 Å². The average molecular weight is 348 g/mol. The Hall–Kier alpha value is -2.14. The van der Waals surface area contributed by atoms with Gasteiger partial charge in [0.05, 0.1) is 22.5 Å². The molecule has 0 unspecified atom stereocenters. The van der Waals surface area contributed by atoms with Crippen LogP contribution in [0.1, 0.15) is 42.5 Å². The Morgan fingerprint density at radius 1 is 1.17 bits per heavy atom. The highest BCUT2D eigenvalue weighted by molar-refractivity contribution is 6.34. The third kappa shape index (κ3) is 4.03. The van der Waals surface area contributed by atoms with Gasteiger partial charge in [-0.05, 0) is 37.1 Å². The van der Waals surface area contributed by atoms with Crippen molar-refractivity contribution in [3.8, 4) is 0 Å². The Kier molecular flexibility index (Phi) is 5.30. The number of carbonyl (C=O) groups is 1. The summed E-state index contributed by atoms with van der Waals surface area (Å²) in [5.74, 6) is -0.458. The Balaban J connectivity index is 1.64. The van der Waals surface area contributed by atoms with Gasteiger partial charge in [-0.3, -0.25) is 4.79 Å². The van der Waals surface area contributed by atoms with Gasteiger partial charge in [-0.25, -0.2) is 9.37 Å². The summed E-state index contributed by atoms with van der Waals surface area (Å²) < 4.78 is 13.8. The smallest absolute Gasteiger partial charge is 0.260 e. The molecule has 1 aromatic heterocycles. The maximum Gasteiger partial charge on any atom is 0.260 e. The molecule has 2 N–H and O–H groups in total. The molecule has 1 fully saturated rings. The summed E-state index contributed by atoms with van der Waals surface area (Å²) in [6.45, 7) is 0. The van der Waals surface area contributed by atoms with E-state index >= 15 is 0 Å². The summed E-state index contributed by atoms with van der Waals surface area (Å²) in [5, 5.41) is 6.10.